The van der Waals surface area contributed by atoms with E-state index in [1.165, 1.54) is 31.2 Å². The Bertz CT molecular complexity index is 793. The third-order valence-electron chi connectivity index (χ3n) is 3.33. The molecule has 0 unspecified atom stereocenters. The molecule has 126 valence electrons. The molecule has 0 aliphatic heterocycles. The number of esters is 1. The monoisotopic (exact) mass is 334 g/mol. The standard InChI is InChI=1S/C17H16F2N2O3/c1-9-3-5-12(8-14(9)19)21-16(22)10(2)24-17(23)13-6-4-11(18)7-15(13)20/h3-8,10H,20H2,1-2H3,(H,21,22)/t10-/m0/s1. The van der Waals surface area contributed by atoms with Crippen LogP contribution in [-0.4, -0.2) is 18.0 Å². The molecule has 7 heteroatoms. The molecule has 0 saturated heterocycles. The average Bonchev–Trinajstić information content (AvgIpc) is 2.50. The summed E-state index contributed by atoms with van der Waals surface area (Å²) in [4.78, 5) is 24.0. The first kappa shape index (κ1) is 17.4. The van der Waals surface area contributed by atoms with E-state index in [2.05, 4.69) is 5.32 Å². The minimum atomic E-state index is -1.15. The molecule has 0 aromatic heterocycles. The fourth-order valence-electron chi connectivity index (χ4n) is 1.91. The summed E-state index contributed by atoms with van der Waals surface area (Å²) in [6.07, 6.45) is -1.15. The molecule has 0 spiro atoms. The number of nitrogens with one attached hydrogen (secondary N) is 1. The maximum Gasteiger partial charge on any atom is 0.341 e. The molecule has 0 bridgehead atoms. The SMILES string of the molecule is Cc1ccc(NC(=O)[C@H](C)OC(=O)c2ccc(F)cc2N)cc1F. The summed E-state index contributed by atoms with van der Waals surface area (Å²) in [6, 6.07) is 7.43. The highest BCUT2D eigenvalue weighted by molar-refractivity contribution is 5.99. The van der Waals surface area contributed by atoms with Gasteiger partial charge in [0, 0.05) is 11.4 Å². The van der Waals surface area contributed by atoms with Gasteiger partial charge in [0.15, 0.2) is 6.10 Å². The molecule has 0 saturated carbocycles. The van der Waals surface area contributed by atoms with Crippen LogP contribution in [0.4, 0.5) is 20.2 Å². The zero-order valence-electron chi connectivity index (χ0n) is 13.1. The molecule has 1 amide bonds. The normalized spacial score (nSPS) is 11.7. The molecule has 0 heterocycles. The van der Waals surface area contributed by atoms with Crippen molar-refractivity contribution in [1.82, 2.24) is 0 Å². The fraction of sp³-hybridized carbons (Fsp3) is 0.176. The molecule has 0 radical (unpaired) electrons. The lowest BCUT2D eigenvalue weighted by Gasteiger charge is -2.14. The lowest BCUT2D eigenvalue weighted by molar-refractivity contribution is -0.123. The van der Waals surface area contributed by atoms with Gasteiger partial charge in [0.25, 0.3) is 5.91 Å². The van der Waals surface area contributed by atoms with E-state index in [4.69, 9.17) is 10.5 Å². The Morgan fingerprint density at radius 3 is 2.50 bits per heavy atom. The van der Waals surface area contributed by atoms with Crippen molar-refractivity contribution in [2.75, 3.05) is 11.1 Å². The molecule has 2 aromatic carbocycles. The molecular formula is C17H16F2N2O3. The summed E-state index contributed by atoms with van der Waals surface area (Å²) < 4.78 is 31.4. The van der Waals surface area contributed by atoms with Crippen molar-refractivity contribution < 1.29 is 23.1 Å². The van der Waals surface area contributed by atoms with Crippen molar-refractivity contribution in [3.05, 3.63) is 59.2 Å². The minimum Gasteiger partial charge on any atom is -0.449 e. The number of rotatable bonds is 4. The number of amides is 1. The van der Waals surface area contributed by atoms with Crippen molar-refractivity contribution in [2.24, 2.45) is 0 Å². The molecule has 5 nitrogen and oxygen atoms in total. The predicted molar refractivity (Wildman–Crippen MR) is 85.5 cm³/mol. The van der Waals surface area contributed by atoms with Crippen LogP contribution in [0.3, 0.4) is 0 Å². The third-order valence-corrected chi connectivity index (χ3v) is 3.33. The van der Waals surface area contributed by atoms with E-state index in [1.807, 2.05) is 0 Å². The van der Waals surface area contributed by atoms with Crippen LogP contribution in [0.5, 0.6) is 0 Å². The second-order valence-corrected chi connectivity index (χ2v) is 5.23. The third kappa shape index (κ3) is 4.07. The molecule has 2 aromatic rings. The molecule has 0 fully saturated rings. The van der Waals surface area contributed by atoms with Gasteiger partial charge >= 0.3 is 5.97 Å². The van der Waals surface area contributed by atoms with E-state index in [-0.39, 0.29) is 16.9 Å². The zero-order chi connectivity index (χ0) is 17.9. The Balaban J connectivity index is 2.02. The van der Waals surface area contributed by atoms with Crippen LogP contribution in [0.15, 0.2) is 36.4 Å². The lowest BCUT2D eigenvalue weighted by Crippen LogP contribution is -2.30. The Labute approximate surface area is 137 Å². The van der Waals surface area contributed by atoms with Crippen LogP contribution < -0.4 is 11.1 Å². The molecule has 1 atom stereocenters. The highest BCUT2D eigenvalue weighted by Crippen LogP contribution is 2.17. The highest BCUT2D eigenvalue weighted by Gasteiger charge is 2.21. The summed E-state index contributed by atoms with van der Waals surface area (Å²) >= 11 is 0. The van der Waals surface area contributed by atoms with E-state index in [0.717, 1.165) is 12.1 Å². The Hall–Kier alpha value is -2.96. The first-order chi connectivity index (χ1) is 11.3. The van der Waals surface area contributed by atoms with Gasteiger partial charge in [-0.25, -0.2) is 13.6 Å². The first-order valence-electron chi connectivity index (χ1n) is 7.11. The summed E-state index contributed by atoms with van der Waals surface area (Å²) in [5, 5.41) is 2.44. The first-order valence-corrected chi connectivity index (χ1v) is 7.11. The number of benzene rings is 2. The summed E-state index contributed by atoms with van der Waals surface area (Å²) in [7, 11) is 0. The van der Waals surface area contributed by atoms with Gasteiger partial charge in [-0.2, -0.15) is 0 Å². The number of carbonyl (C=O) groups is 2. The van der Waals surface area contributed by atoms with Gasteiger partial charge in [-0.15, -0.1) is 0 Å². The molecule has 2 rings (SSSR count). The van der Waals surface area contributed by atoms with Crippen molar-refractivity contribution in [3.63, 3.8) is 0 Å². The number of carbonyl (C=O) groups excluding carboxylic acids is 2. The Morgan fingerprint density at radius 1 is 1.17 bits per heavy atom. The van der Waals surface area contributed by atoms with Crippen LogP contribution in [0.2, 0.25) is 0 Å². The number of halogens is 2. The second-order valence-electron chi connectivity index (χ2n) is 5.23. The van der Waals surface area contributed by atoms with Gasteiger partial charge in [-0.3, -0.25) is 4.79 Å². The van der Waals surface area contributed by atoms with Gasteiger partial charge in [-0.05, 0) is 49.7 Å². The average molecular weight is 334 g/mol. The Kier molecular flexibility index (Phi) is 5.13. The van der Waals surface area contributed by atoms with Crippen LogP contribution in [0, 0.1) is 18.6 Å². The quantitative estimate of drug-likeness (QED) is 0.665. The summed E-state index contributed by atoms with van der Waals surface area (Å²) in [6.45, 7) is 2.95. The summed E-state index contributed by atoms with van der Waals surface area (Å²) in [5.74, 6) is -2.54. The van der Waals surface area contributed by atoms with Gasteiger partial charge in [-0.1, -0.05) is 6.07 Å². The maximum atomic E-state index is 13.5. The van der Waals surface area contributed by atoms with E-state index < -0.39 is 29.6 Å². The van der Waals surface area contributed by atoms with Gasteiger partial charge in [0.1, 0.15) is 11.6 Å². The number of anilines is 2. The molecular weight excluding hydrogens is 318 g/mol. The van der Waals surface area contributed by atoms with E-state index >= 15 is 0 Å². The number of hydrogen-bond acceptors (Lipinski definition) is 4. The number of nitrogen functional groups attached to an aromatic ring is 1. The number of nitrogens with two attached hydrogens (primary N) is 1. The van der Waals surface area contributed by atoms with E-state index in [9.17, 15) is 18.4 Å². The van der Waals surface area contributed by atoms with Crippen molar-refractivity contribution in [1.29, 1.82) is 0 Å². The second kappa shape index (κ2) is 7.08. The van der Waals surface area contributed by atoms with Crippen molar-refractivity contribution >= 4 is 23.3 Å². The van der Waals surface area contributed by atoms with Gasteiger partial charge in [0.05, 0.1) is 5.56 Å². The summed E-state index contributed by atoms with van der Waals surface area (Å²) in [5.41, 5.74) is 6.10. The van der Waals surface area contributed by atoms with Crippen LogP contribution in [0.1, 0.15) is 22.8 Å². The fourth-order valence-corrected chi connectivity index (χ4v) is 1.91. The zero-order valence-corrected chi connectivity index (χ0v) is 13.1. The van der Waals surface area contributed by atoms with Crippen molar-refractivity contribution in [2.45, 2.75) is 20.0 Å². The van der Waals surface area contributed by atoms with Gasteiger partial charge < -0.3 is 15.8 Å². The van der Waals surface area contributed by atoms with Crippen molar-refractivity contribution in [3.8, 4) is 0 Å². The molecule has 24 heavy (non-hydrogen) atoms. The smallest absolute Gasteiger partial charge is 0.341 e. The number of aryl methyl sites for hydroxylation is 1. The predicted octanol–water partition coefficient (Wildman–Crippen LogP) is 3.04. The van der Waals surface area contributed by atoms with E-state index in [1.54, 1.807) is 6.92 Å². The van der Waals surface area contributed by atoms with Crippen LogP contribution in [0.25, 0.3) is 0 Å². The van der Waals surface area contributed by atoms with E-state index in [0.29, 0.717) is 5.56 Å². The van der Waals surface area contributed by atoms with Crippen LogP contribution in [-0.2, 0) is 9.53 Å². The van der Waals surface area contributed by atoms with Crippen LogP contribution >= 0.6 is 0 Å². The van der Waals surface area contributed by atoms with Gasteiger partial charge in [0.2, 0.25) is 0 Å². The molecule has 0 aliphatic carbocycles. The maximum absolute atomic E-state index is 13.5. The largest absolute Gasteiger partial charge is 0.449 e. The molecule has 3 N–H and O–H groups in total. The lowest BCUT2D eigenvalue weighted by atomic mass is 10.2. The Morgan fingerprint density at radius 2 is 1.88 bits per heavy atom. The number of hydrogen-bond donors (Lipinski definition) is 2. The number of ether oxygens (including phenoxy) is 1. The topological polar surface area (TPSA) is 81.4 Å². The molecule has 0 aliphatic rings. The highest BCUT2D eigenvalue weighted by atomic mass is 19.1. The minimum absolute atomic E-state index is 0.0440.